The van der Waals surface area contributed by atoms with E-state index >= 15 is 0 Å². The first kappa shape index (κ1) is 12.7. The van der Waals surface area contributed by atoms with Gasteiger partial charge in [0.1, 0.15) is 5.82 Å². The molecule has 3 rings (SSSR count). The highest BCUT2D eigenvalue weighted by Crippen LogP contribution is 2.36. The highest BCUT2D eigenvalue weighted by Gasteiger charge is 2.25. The van der Waals surface area contributed by atoms with Crippen molar-refractivity contribution in [3.8, 4) is 0 Å². The Balaban J connectivity index is 1.92. The number of fused-ring (bicyclic) bond motifs is 1. The van der Waals surface area contributed by atoms with Crippen molar-refractivity contribution in [2.45, 2.75) is 45.1 Å². The van der Waals surface area contributed by atoms with Crippen molar-refractivity contribution in [3.05, 3.63) is 30.1 Å². The van der Waals surface area contributed by atoms with Crippen molar-refractivity contribution >= 4 is 11.0 Å². The summed E-state index contributed by atoms with van der Waals surface area (Å²) in [5.41, 5.74) is 8.20. The maximum absolute atomic E-state index is 5.78. The van der Waals surface area contributed by atoms with Gasteiger partial charge in [-0.05, 0) is 57.2 Å². The van der Waals surface area contributed by atoms with E-state index in [0.29, 0.717) is 5.92 Å². The van der Waals surface area contributed by atoms with Gasteiger partial charge in [-0.1, -0.05) is 12.1 Å². The number of imidazole rings is 1. The lowest BCUT2D eigenvalue weighted by Gasteiger charge is -2.27. The third kappa shape index (κ3) is 2.27. The molecule has 0 saturated heterocycles. The van der Waals surface area contributed by atoms with E-state index in [1.165, 1.54) is 37.0 Å². The van der Waals surface area contributed by atoms with Crippen molar-refractivity contribution < 1.29 is 0 Å². The van der Waals surface area contributed by atoms with Gasteiger partial charge >= 0.3 is 0 Å². The van der Waals surface area contributed by atoms with Crippen LogP contribution < -0.4 is 5.73 Å². The quantitative estimate of drug-likeness (QED) is 0.917. The van der Waals surface area contributed by atoms with Gasteiger partial charge in [0.25, 0.3) is 0 Å². The molecule has 1 saturated carbocycles. The van der Waals surface area contributed by atoms with Gasteiger partial charge in [0, 0.05) is 12.5 Å². The third-order valence-electron chi connectivity index (χ3n) is 4.55. The van der Waals surface area contributed by atoms with Crippen LogP contribution in [0.5, 0.6) is 0 Å². The predicted octanol–water partition coefficient (Wildman–Crippen LogP) is 3.29. The van der Waals surface area contributed by atoms with Crippen LogP contribution in [0.4, 0.5) is 0 Å². The Morgan fingerprint density at radius 1 is 1.21 bits per heavy atom. The molecule has 1 aromatic carbocycles. The molecule has 0 radical (unpaired) electrons. The van der Waals surface area contributed by atoms with Gasteiger partial charge in [0.05, 0.1) is 11.0 Å². The van der Waals surface area contributed by atoms with Gasteiger partial charge in [-0.25, -0.2) is 4.98 Å². The normalized spacial score (nSPS) is 23.9. The minimum atomic E-state index is 0.621. The van der Waals surface area contributed by atoms with Crippen LogP contribution in [-0.4, -0.2) is 16.1 Å². The van der Waals surface area contributed by atoms with Gasteiger partial charge in [-0.2, -0.15) is 0 Å². The summed E-state index contributed by atoms with van der Waals surface area (Å²) in [5.74, 6) is 2.64. The molecule has 3 heteroatoms. The first-order chi connectivity index (χ1) is 9.33. The summed E-state index contributed by atoms with van der Waals surface area (Å²) in [7, 11) is 0. The molecule has 2 N–H and O–H groups in total. The molecular formula is C16H23N3. The number of para-hydroxylation sites is 2. The summed E-state index contributed by atoms with van der Waals surface area (Å²) in [6.45, 7) is 4.06. The molecule has 1 aromatic heterocycles. The van der Waals surface area contributed by atoms with E-state index in [2.05, 4.69) is 35.8 Å². The Morgan fingerprint density at radius 3 is 2.63 bits per heavy atom. The summed E-state index contributed by atoms with van der Waals surface area (Å²) in [6, 6.07) is 8.48. The maximum atomic E-state index is 5.78. The average Bonchev–Trinajstić information content (AvgIpc) is 2.85. The molecule has 0 atom stereocenters. The van der Waals surface area contributed by atoms with E-state index in [-0.39, 0.29) is 0 Å². The molecule has 0 spiro atoms. The summed E-state index contributed by atoms with van der Waals surface area (Å²) >= 11 is 0. The molecule has 3 nitrogen and oxygen atoms in total. The van der Waals surface area contributed by atoms with Crippen LogP contribution in [0.3, 0.4) is 0 Å². The van der Waals surface area contributed by atoms with Crippen molar-refractivity contribution in [3.63, 3.8) is 0 Å². The fraction of sp³-hybridized carbons (Fsp3) is 0.562. The van der Waals surface area contributed by atoms with Gasteiger partial charge in [-0.3, -0.25) is 0 Å². The fourth-order valence-corrected chi connectivity index (χ4v) is 3.39. The molecule has 1 fully saturated rings. The highest BCUT2D eigenvalue weighted by molar-refractivity contribution is 5.76. The number of aryl methyl sites for hydroxylation is 1. The van der Waals surface area contributed by atoms with E-state index in [1.54, 1.807) is 0 Å². The predicted molar refractivity (Wildman–Crippen MR) is 79.2 cm³/mol. The summed E-state index contributed by atoms with van der Waals surface area (Å²) < 4.78 is 2.39. The lowest BCUT2D eigenvalue weighted by Crippen LogP contribution is -2.22. The van der Waals surface area contributed by atoms with Gasteiger partial charge in [0.15, 0.2) is 0 Å². The topological polar surface area (TPSA) is 43.8 Å². The van der Waals surface area contributed by atoms with Crippen LogP contribution in [0, 0.1) is 5.92 Å². The van der Waals surface area contributed by atoms with Crippen LogP contribution in [0.2, 0.25) is 0 Å². The average molecular weight is 257 g/mol. The maximum Gasteiger partial charge on any atom is 0.112 e. The molecular weight excluding hydrogens is 234 g/mol. The Labute approximate surface area is 114 Å². The second-order valence-corrected chi connectivity index (χ2v) is 5.66. The Hall–Kier alpha value is -1.35. The highest BCUT2D eigenvalue weighted by atomic mass is 15.1. The molecule has 0 unspecified atom stereocenters. The number of benzene rings is 1. The third-order valence-corrected chi connectivity index (χ3v) is 4.55. The van der Waals surface area contributed by atoms with Crippen molar-refractivity contribution in [1.82, 2.24) is 9.55 Å². The summed E-state index contributed by atoms with van der Waals surface area (Å²) in [6.07, 6.45) is 5.00. The number of aromatic nitrogens is 2. The minimum absolute atomic E-state index is 0.621. The number of nitrogens with two attached hydrogens (primary N) is 1. The van der Waals surface area contributed by atoms with Crippen LogP contribution in [-0.2, 0) is 6.54 Å². The molecule has 19 heavy (non-hydrogen) atoms. The lowest BCUT2D eigenvalue weighted by molar-refractivity contribution is 0.321. The molecule has 1 aliphatic carbocycles. The Kier molecular flexibility index (Phi) is 3.56. The minimum Gasteiger partial charge on any atom is -0.330 e. The van der Waals surface area contributed by atoms with Crippen molar-refractivity contribution in [2.24, 2.45) is 11.7 Å². The summed E-state index contributed by atoms with van der Waals surface area (Å²) in [4.78, 5) is 4.89. The van der Waals surface area contributed by atoms with E-state index in [0.717, 1.165) is 24.5 Å². The van der Waals surface area contributed by atoms with Gasteiger partial charge in [0.2, 0.25) is 0 Å². The molecule has 1 heterocycles. The van der Waals surface area contributed by atoms with Gasteiger partial charge in [-0.15, -0.1) is 0 Å². The monoisotopic (exact) mass is 257 g/mol. The van der Waals surface area contributed by atoms with E-state index < -0.39 is 0 Å². The second-order valence-electron chi connectivity index (χ2n) is 5.66. The molecule has 102 valence electrons. The zero-order valence-electron chi connectivity index (χ0n) is 11.7. The number of hydrogen-bond acceptors (Lipinski definition) is 2. The van der Waals surface area contributed by atoms with Crippen molar-refractivity contribution in [1.29, 1.82) is 0 Å². The standard InChI is InChI=1S/C16H23N3/c1-2-19-15-6-4-3-5-14(15)18-16(19)13-9-7-12(11-17)8-10-13/h3-6,12-13H,2,7-11,17H2,1H3. The first-order valence-electron chi connectivity index (χ1n) is 7.48. The zero-order chi connectivity index (χ0) is 13.2. The van der Waals surface area contributed by atoms with E-state index in [4.69, 9.17) is 10.7 Å². The first-order valence-corrected chi connectivity index (χ1v) is 7.48. The lowest BCUT2D eigenvalue weighted by atomic mass is 9.81. The summed E-state index contributed by atoms with van der Waals surface area (Å²) in [5, 5.41) is 0. The molecule has 0 amide bonds. The van der Waals surface area contributed by atoms with Crippen LogP contribution in [0.1, 0.15) is 44.3 Å². The largest absolute Gasteiger partial charge is 0.330 e. The van der Waals surface area contributed by atoms with Crippen molar-refractivity contribution in [2.75, 3.05) is 6.54 Å². The van der Waals surface area contributed by atoms with E-state index in [9.17, 15) is 0 Å². The van der Waals surface area contributed by atoms with E-state index in [1.807, 2.05) is 0 Å². The Bertz CT molecular complexity index is 550. The number of hydrogen-bond donors (Lipinski definition) is 1. The Morgan fingerprint density at radius 2 is 1.95 bits per heavy atom. The molecule has 0 aliphatic heterocycles. The smallest absolute Gasteiger partial charge is 0.112 e. The molecule has 2 aromatic rings. The number of rotatable bonds is 3. The zero-order valence-corrected chi connectivity index (χ0v) is 11.7. The SMILES string of the molecule is CCn1c(C2CCC(CN)CC2)nc2ccccc21. The van der Waals surface area contributed by atoms with Crippen LogP contribution in [0.15, 0.2) is 24.3 Å². The molecule has 1 aliphatic rings. The second kappa shape index (κ2) is 5.33. The fourth-order valence-electron chi connectivity index (χ4n) is 3.39. The van der Waals surface area contributed by atoms with Gasteiger partial charge < -0.3 is 10.3 Å². The molecule has 0 bridgehead atoms. The van der Waals surface area contributed by atoms with Crippen LogP contribution >= 0.6 is 0 Å². The number of nitrogens with zero attached hydrogens (tertiary/aromatic N) is 2. The van der Waals surface area contributed by atoms with Crippen LogP contribution in [0.25, 0.3) is 11.0 Å².